The lowest BCUT2D eigenvalue weighted by molar-refractivity contribution is -0.295. The maximum atomic E-state index is 12.6. The van der Waals surface area contributed by atoms with E-state index in [2.05, 4.69) is 0 Å². The van der Waals surface area contributed by atoms with Crippen LogP contribution in [-0.4, -0.2) is 45.9 Å². The number of anilines is 1. The van der Waals surface area contributed by atoms with Crippen LogP contribution in [0.4, 0.5) is 5.69 Å². The van der Waals surface area contributed by atoms with Crippen molar-refractivity contribution >= 4 is 44.7 Å². The highest BCUT2D eigenvalue weighted by molar-refractivity contribution is 7.91. The third-order valence-electron chi connectivity index (χ3n) is 4.45. The van der Waals surface area contributed by atoms with Gasteiger partial charge in [-0.1, -0.05) is 12.1 Å². The Kier molecular flexibility index (Phi) is 5.69. The zero-order chi connectivity index (χ0) is 19.6. The highest BCUT2D eigenvalue weighted by atomic mass is 32.2. The molecular formula is C19H21N2O4S2-. The van der Waals surface area contributed by atoms with E-state index in [0.717, 1.165) is 29.9 Å². The Labute approximate surface area is 163 Å². The number of benzene rings is 1. The minimum Gasteiger partial charge on any atom is -0.545 e. The number of hydrogen-bond donors (Lipinski definition) is 0. The third kappa shape index (κ3) is 4.23. The average Bonchev–Trinajstić information content (AvgIpc) is 3.32. The van der Waals surface area contributed by atoms with E-state index in [4.69, 9.17) is 0 Å². The Bertz CT molecular complexity index is 954. The van der Waals surface area contributed by atoms with Gasteiger partial charge >= 0.3 is 0 Å². The quantitative estimate of drug-likeness (QED) is 0.686. The van der Waals surface area contributed by atoms with Crippen molar-refractivity contribution in [1.82, 2.24) is 4.31 Å². The van der Waals surface area contributed by atoms with Crippen LogP contribution in [0.25, 0.3) is 11.6 Å². The molecule has 1 aromatic heterocycles. The molecule has 6 nitrogen and oxygen atoms in total. The lowest BCUT2D eigenvalue weighted by Crippen LogP contribution is -2.27. The predicted octanol–water partition coefficient (Wildman–Crippen LogP) is 1.89. The van der Waals surface area contributed by atoms with Gasteiger partial charge in [0.2, 0.25) is 0 Å². The first-order chi connectivity index (χ1) is 12.8. The molecule has 3 rings (SSSR count). The molecular weight excluding hydrogens is 384 g/mol. The topological polar surface area (TPSA) is 80.8 Å². The van der Waals surface area contributed by atoms with Crippen molar-refractivity contribution in [1.29, 1.82) is 0 Å². The molecule has 2 heterocycles. The van der Waals surface area contributed by atoms with Crippen molar-refractivity contribution in [3.63, 3.8) is 0 Å². The van der Waals surface area contributed by atoms with Crippen LogP contribution in [0.3, 0.4) is 0 Å². The van der Waals surface area contributed by atoms with Crippen molar-refractivity contribution in [2.24, 2.45) is 0 Å². The van der Waals surface area contributed by atoms with Gasteiger partial charge in [-0.3, -0.25) is 0 Å². The van der Waals surface area contributed by atoms with Crippen LogP contribution in [0.5, 0.6) is 0 Å². The van der Waals surface area contributed by atoms with Crippen LogP contribution in [0.2, 0.25) is 0 Å². The molecule has 1 aliphatic rings. The van der Waals surface area contributed by atoms with Gasteiger partial charge in [-0.15, -0.1) is 11.3 Å². The molecule has 0 amide bonds. The fraction of sp³-hybridized carbons (Fsp3) is 0.316. The van der Waals surface area contributed by atoms with E-state index < -0.39 is 16.0 Å². The molecule has 1 aliphatic heterocycles. The Morgan fingerprint density at radius 1 is 1.11 bits per heavy atom. The van der Waals surface area contributed by atoms with Crippen molar-refractivity contribution in [2.75, 3.05) is 32.1 Å². The second kappa shape index (κ2) is 7.84. The van der Waals surface area contributed by atoms with Crippen LogP contribution in [0.1, 0.15) is 23.3 Å². The van der Waals surface area contributed by atoms with Crippen molar-refractivity contribution in [3.05, 3.63) is 46.8 Å². The summed E-state index contributed by atoms with van der Waals surface area (Å²) in [6.07, 6.45) is 3.21. The summed E-state index contributed by atoms with van der Waals surface area (Å²) in [5.41, 5.74) is 1.68. The van der Waals surface area contributed by atoms with E-state index in [-0.39, 0.29) is 9.78 Å². The van der Waals surface area contributed by atoms with Gasteiger partial charge in [0, 0.05) is 43.3 Å². The number of hydrogen-bond acceptors (Lipinski definition) is 6. The molecule has 1 fully saturated rings. The van der Waals surface area contributed by atoms with Crippen LogP contribution in [0, 0.1) is 0 Å². The molecule has 0 N–H and O–H groups in total. The molecule has 0 atom stereocenters. The lowest BCUT2D eigenvalue weighted by atomic mass is 10.1. The molecule has 0 saturated carbocycles. The van der Waals surface area contributed by atoms with Crippen molar-refractivity contribution in [3.8, 4) is 0 Å². The van der Waals surface area contributed by atoms with Crippen molar-refractivity contribution < 1.29 is 18.3 Å². The lowest BCUT2D eigenvalue weighted by Gasteiger charge is -2.13. The summed E-state index contributed by atoms with van der Waals surface area (Å²) in [6.45, 7) is 1.02. The van der Waals surface area contributed by atoms with Gasteiger partial charge in [-0.2, -0.15) is 4.31 Å². The zero-order valence-corrected chi connectivity index (χ0v) is 16.8. The summed E-state index contributed by atoms with van der Waals surface area (Å²) in [5, 5.41) is 11.7. The summed E-state index contributed by atoms with van der Waals surface area (Å²) >= 11 is 0.963. The number of carboxylic acid groups (broad SMARTS) is 1. The molecule has 1 aromatic carbocycles. The molecule has 8 heteroatoms. The molecule has 0 aliphatic carbocycles. The number of rotatable bonds is 6. The standard InChI is InChI=1S/C19H22N2O4S2/c1-20(2)15-7-5-14(6-8-15)13-16(19(22)23)17-9-10-18(26-17)27(24,25)21-11-3-4-12-21/h5-10,13H,3-4,11-12H2,1-2H3,(H,22,23)/p-1/b16-13-. The van der Waals surface area contributed by atoms with E-state index in [1.807, 2.05) is 43.3 Å². The summed E-state index contributed by atoms with van der Waals surface area (Å²) in [4.78, 5) is 14.0. The summed E-state index contributed by atoms with van der Waals surface area (Å²) in [5.74, 6) is -1.33. The van der Waals surface area contributed by atoms with E-state index >= 15 is 0 Å². The summed E-state index contributed by atoms with van der Waals surface area (Å²) in [6, 6.07) is 10.4. The molecule has 27 heavy (non-hydrogen) atoms. The van der Waals surface area contributed by atoms with Gasteiger partial charge in [0.25, 0.3) is 10.0 Å². The molecule has 0 bridgehead atoms. The van der Waals surface area contributed by atoms with E-state index in [0.29, 0.717) is 23.5 Å². The predicted molar refractivity (Wildman–Crippen MR) is 106 cm³/mol. The van der Waals surface area contributed by atoms with Crippen LogP contribution >= 0.6 is 11.3 Å². The number of nitrogens with zero attached hydrogens (tertiary/aromatic N) is 2. The normalized spacial score (nSPS) is 15.9. The SMILES string of the molecule is CN(C)c1ccc(/C=C(\C(=O)[O-])c2ccc(S(=O)(=O)N3CCCC3)s2)cc1. The minimum atomic E-state index is -3.56. The minimum absolute atomic E-state index is 0.0273. The first-order valence-electron chi connectivity index (χ1n) is 8.60. The largest absolute Gasteiger partial charge is 0.545 e. The van der Waals surface area contributed by atoms with Gasteiger partial charge in [-0.25, -0.2) is 8.42 Å². The smallest absolute Gasteiger partial charge is 0.252 e. The second-order valence-corrected chi connectivity index (χ2v) is 9.81. The third-order valence-corrected chi connectivity index (χ3v) is 7.93. The maximum absolute atomic E-state index is 12.6. The Morgan fingerprint density at radius 2 is 1.74 bits per heavy atom. The van der Waals surface area contributed by atoms with Crippen LogP contribution in [-0.2, 0) is 14.8 Å². The highest BCUT2D eigenvalue weighted by Gasteiger charge is 2.28. The maximum Gasteiger partial charge on any atom is 0.252 e. The Morgan fingerprint density at radius 3 is 2.30 bits per heavy atom. The first-order valence-corrected chi connectivity index (χ1v) is 10.9. The molecule has 144 valence electrons. The van der Waals surface area contributed by atoms with Gasteiger partial charge in [-0.05, 0) is 48.7 Å². The average molecular weight is 406 g/mol. The number of carbonyl (C=O) groups excluding carboxylic acids is 1. The van der Waals surface area contributed by atoms with Gasteiger partial charge in [0.05, 0.1) is 5.97 Å². The summed E-state index contributed by atoms with van der Waals surface area (Å²) < 4.78 is 26.9. The first kappa shape index (κ1) is 19.6. The molecule has 0 radical (unpaired) electrons. The number of thiophene rings is 1. The second-order valence-electron chi connectivity index (χ2n) is 6.56. The van der Waals surface area contributed by atoms with Gasteiger partial charge in [0.1, 0.15) is 4.21 Å². The summed E-state index contributed by atoms with van der Waals surface area (Å²) in [7, 11) is 0.285. The number of carboxylic acids is 1. The fourth-order valence-electron chi connectivity index (χ4n) is 2.93. The van der Waals surface area contributed by atoms with Crippen LogP contribution < -0.4 is 10.0 Å². The van der Waals surface area contributed by atoms with E-state index in [1.165, 1.54) is 22.5 Å². The molecule has 0 unspecified atom stereocenters. The van der Waals surface area contributed by atoms with Gasteiger partial charge < -0.3 is 14.8 Å². The van der Waals surface area contributed by atoms with Crippen LogP contribution in [0.15, 0.2) is 40.6 Å². The van der Waals surface area contributed by atoms with Gasteiger partial charge in [0.15, 0.2) is 0 Å². The molecule has 0 spiro atoms. The Hall–Kier alpha value is -2.16. The monoisotopic (exact) mass is 405 g/mol. The number of sulfonamides is 1. The zero-order valence-electron chi connectivity index (χ0n) is 15.2. The van der Waals surface area contributed by atoms with E-state index in [1.54, 1.807) is 0 Å². The van der Waals surface area contributed by atoms with E-state index in [9.17, 15) is 18.3 Å². The Balaban J connectivity index is 1.92. The molecule has 2 aromatic rings. The fourth-order valence-corrected chi connectivity index (χ4v) is 5.91. The highest BCUT2D eigenvalue weighted by Crippen LogP contribution is 2.32. The number of carbonyl (C=O) groups is 1. The van der Waals surface area contributed by atoms with Crippen molar-refractivity contribution in [2.45, 2.75) is 17.1 Å². The molecule has 1 saturated heterocycles. The number of aliphatic carboxylic acids is 1.